The maximum absolute atomic E-state index is 6.75. The van der Waals surface area contributed by atoms with Crippen LogP contribution in [-0.4, -0.2) is 0 Å². The first kappa shape index (κ1) is 49.6. The predicted octanol–water partition coefficient (Wildman–Crippen LogP) is 14.8. The van der Waals surface area contributed by atoms with E-state index in [-0.39, 0.29) is 17.0 Å². The first-order valence-corrected chi connectivity index (χ1v) is 28.9. The molecule has 5 heteroatoms. The Bertz CT molecular complexity index is 2410. The van der Waals surface area contributed by atoms with Gasteiger partial charge in [-0.1, -0.05) is 0 Å². The molecule has 2 aliphatic carbocycles. The van der Waals surface area contributed by atoms with Crippen molar-refractivity contribution < 1.29 is 9.47 Å². The van der Waals surface area contributed by atoms with E-state index in [2.05, 4.69) is 243 Å². The number of hydrogen-bond donors (Lipinski definition) is 0. The summed E-state index contributed by atoms with van der Waals surface area (Å²) in [4.78, 5) is 0. The van der Waals surface area contributed by atoms with Crippen molar-refractivity contribution in [3.05, 3.63) is 276 Å². The number of hydrogen-bond acceptors (Lipinski definition) is 2. The molecule has 0 atom stereocenters. The van der Waals surface area contributed by atoms with Crippen molar-refractivity contribution in [1.82, 2.24) is 0 Å². The Balaban J connectivity index is 0.000000183. The first-order valence-electron chi connectivity index (χ1n) is 24.9. The monoisotopic (exact) mass is 1010 g/mol. The molecule has 2 aliphatic rings. The fourth-order valence-electron chi connectivity index (χ4n) is 10.9. The molecule has 0 unspecified atom stereocenters. The van der Waals surface area contributed by atoms with Gasteiger partial charge in [0.25, 0.3) is 0 Å². The van der Waals surface area contributed by atoms with E-state index in [4.69, 9.17) is 9.47 Å². The van der Waals surface area contributed by atoms with Crippen LogP contribution in [0.25, 0.3) is 0 Å². The Kier molecular flexibility index (Phi) is 18.1. The van der Waals surface area contributed by atoms with Gasteiger partial charge in [-0.3, -0.25) is 0 Å². The summed E-state index contributed by atoms with van der Waals surface area (Å²) < 4.78 is 13.5. The topological polar surface area (TPSA) is 18.5 Å². The van der Waals surface area contributed by atoms with Crippen LogP contribution in [0.5, 0.6) is 0 Å². The normalized spacial score (nSPS) is 14.7. The van der Waals surface area contributed by atoms with Crippen LogP contribution in [0.15, 0.2) is 265 Å². The van der Waals surface area contributed by atoms with Gasteiger partial charge in [0.2, 0.25) is 0 Å². The Labute approximate surface area is 423 Å². The van der Waals surface area contributed by atoms with E-state index in [1.807, 2.05) is 0 Å². The molecule has 8 aromatic carbocycles. The predicted molar refractivity (Wildman–Crippen MR) is 306 cm³/mol. The second-order valence-electron chi connectivity index (χ2n) is 18.2. The minimum absolute atomic E-state index is 0. The second kappa shape index (κ2) is 25.2. The number of ether oxygens (including phenoxy) is 2. The summed E-state index contributed by atoms with van der Waals surface area (Å²) >= 11 is 0. The molecule has 0 saturated heterocycles. The molecule has 10 rings (SSSR count). The summed E-state index contributed by atoms with van der Waals surface area (Å²) in [6, 6.07) is 88.5. The van der Waals surface area contributed by atoms with Crippen molar-refractivity contribution in [3.8, 4) is 0 Å². The van der Waals surface area contributed by atoms with Crippen LogP contribution < -0.4 is 31.8 Å². The average molecular weight is 1010 g/mol. The van der Waals surface area contributed by atoms with Gasteiger partial charge in [0, 0.05) is 0 Å². The quantitative estimate of drug-likeness (QED) is 0.101. The van der Waals surface area contributed by atoms with E-state index in [1.54, 1.807) is 10.6 Å². The van der Waals surface area contributed by atoms with Crippen LogP contribution >= 0.6 is 31.5 Å². The summed E-state index contributed by atoms with van der Waals surface area (Å²) in [6.07, 6.45) is 11.5. The van der Waals surface area contributed by atoms with Gasteiger partial charge >= 0.3 is 409 Å². The maximum atomic E-state index is 6.75. The zero-order chi connectivity index (χ0) is 46.1. The van der Waals surface area contributed by atoms with E-state index in [1.165, 1.54) is 93.0 Å². The zero-order valence-electron chi connectivity index (χ0n) is 39.8. The van der Waals surface area contributed by atoms with E-state index < -0.39 is 14.5 Å². The van der Waals surface area contributed by atoms with Crippen molar-refractivity contribution in [3.63, 3.8) is 0 Å². The number of allylic oxidation sites excluding steroid dienone is 4. The van der Waals surface area contributed by atoms with E-state index in [0.29, 0.717) is 13.2 Å². The molecule has 0 amide bonds. The molecule has 352 valence electrons. The van der Waals surface area contributed by atoms with Crippen molar-refractivity contribution in [1.29, 1.82) is 0 Å². The fourth-order valence-corrected chi connectivity index (χ4v) is 21.5. The molecular formula is C64H67BrO2P2. The fraction of sp³-hybridized carbons (Fsp3) is 0.188. The summed E-state index contributed by atoms with van der Waals surface area (Å²) in [5, 5.41) is 11.7. The third-order valence-electron chi connectivity index (χ3n) is 14.0. The minimum atomic E-state index is -2.50. The molecule has 0 spiro atoms. The van der Waals surface area contributed by atoms with Crippen LogP contribution in [0.2, 0.25) is 0 Å². The van der Waals surface area contributed by atoms with Crippen LogP contribution in [0.3, 0.4) is 0 Å². The second-order valence-corrected chi connectivity index (χ2v) is 25.8. The van der Waals surface area contributed by atoms with Crippen molar-refractivity contribution >= 4 is 63.3 Å². The standard InChI is InChI=1S/2C32H33OP.BrH/c2*1-6-16-27(17-7-1)26-33-31-24-14-5-15-25-32(31)34(28-18-8-2-9-19-28,29-20-10-3-11-21-29)30-22-12-4-13-23-30;/h2*1-4,6-13,16-23,34H,5,14-15,24-26H2;1H. The Morgan fingerprint density at radius 1 is 0.261 bits per heavy atom. The average Bonchev–Trinajstić information content (AvgIpc) is 3.82. The molecule has 69 heavy (non-hydrogen) atoms. The molecule has 0 aliphatic heterocycles. The van der Waals surface area contributed by atoms with Gasteiger partial charge in [-0.05, 0) is 0 Å². The molecule has 8 aromatic rings. The Morgan fingerprint density at radius 3 is 0.725 bits per heavy atom. The van der Waals surface area contributed by atoms with Crippen LogP contribution in [0.4, 0.5) is 0 Å². The summed E-state index contributed by atoms with van der Waals surface area (Å²) in [5.74, 6) is 2.45. The summed E-state index contributed by atoms with van der Waals surface area (Å²) in [7, 11) is -5.00. The molecule has 0 fully saturated rings. The number of benzene rings is 8. The van der Waals surface area contributed by atoms with Crippen molar-refractivity contribution in [2.45, 2.75) is 77.4 Å². The third-order valence-corrected chi connectivity index (χ3v) is 24.1. The van der Waals surface area contributed by atoms with Crippen LogP contribution in [0.1, 0.15) is 75.3 Å². The van der Waals surface area contributed by atoms with Gasteiger partial charge in [-0.2, -0.15) is 0 Å². The molecule has 0 aromatic heterocycles. The molecule has 2 nitrogen and oxygen atoms in total. The molecule has 0 radical (unpaired) electrons. The van der Waals surface area contributed by atoms with Gasteiger partial charge in [-0.15, -0.1) is 17.0 Å². The van der Waals surface area contributed by atoms with E-state index in [0.717, 1.165) is 25.7 Å². The molecule has 0 heterocycles. The van der Waals surface area contributed by atoms with E-state index >= 15 is 0 Å². The summed E-state index contributed by atoms with van der Waals surface area (Å²) in [6.45, 7) is 1.26. The van der Waals surface area contributed by atoms with Gasteiger partial charge in [0.1, 0.15) is 0 Å². The first-order chi connectivity index (χ1) is 33.8. The molecule has 0 bridgehead atoms. The van der Waals surface area contributed by atoms with Gasteiger partial charge in [0.05, 0.1) is 0 Å². The Hall–Kier alpha value is -5.82. The van der Waals surface area contributed by atoms with E-state index in [9.17, 15) is 0 Å². The van der Waals surface area contributed by atoms with Crippen LogP contribution in [-0.2, 0) is 22.7 Å². The summed E-state index contributed by atoms with van der Waals surface area (Å²) in [5.41, 5.74) is 2.45. The van der Waals surface area contributed by atoms with Crippen LogP contribution in [0, 0.1) is 0 Å². The number of rotatable bonds is 14. The van der Waals surface area contributed by atoms with Gasteiger partial charge in [-0.25, -0.2) is 0 Å². The van der Waals surface area contributed by atoms with Crippen molar-refractivity contribution in [2.24, 2.45) is 0 Å². The Morgan fingerprint density at radius 2 is 0.478 bits per heavy atom. The van der Waals surface area contributed by atoms with Gasteiger partial charge in [0.15, 0.2) is 0 Å². The molecule has 0 N–H and O–H groups in total. The zero-order valence-corrected chi connectivity index (χ0v) is 43.5. The molecule has 0 saturated carbocycles. The molecular weight excluding hydrogens is 943 g/mol. The SMILES string of the molecule is Br.c1ccc(COC2=C([PH](c3ccccc3)(c3ccccc3)c3ccccc3)CCCCC2)cc1.c1ccc(COC2=C([PH](c3ccccc3)(c3ccccc3)c3ccccc3)CCCCC2)cc1. The van der Waals surface area contributed by atoms with Gasteiger partial charge < -0.3 is 0 Å². The number of halogens is 1. The third kappa shape index (κ3) is 11.5. The van der Waals surface area contributed by atoms with Crippen molar-refractivity contribution in [2.75, 3.05) is 0 Å².